The van der Waals surface area contributed by atoms with Gasteiger partial charge in [-0.05, 0) is 42.2 Å². The number of anilines is 1. The van der Waals surface area contributed by atoms with E-state index in [4.69, 9.17) is 0 Å². The Kier molecular flexibility index (Phi) is 5.34. The van der Waals surface area contributed by atoms with E-state index in [1.165, 1.54) is 5.56 Å². The number of hydrogen-bond acceptors (Lipinski definition) is 4. The summed E-state index contributed by atoms with van der Waals surface area (Å²) in [5.74, 6) is 1.22. The predicted octanol–water partition coefficient (Wildman–Crippen LogP) is 3.08. The maximum absolute atomic E-state index is 12.8. The van der Waals surface area contributed by atoms with Crippen molar-refractivity contribution in [1.82, 2.24) is 14.9 Å². The van der Waals surface area contributed by atoms with Gasteiger partial charge in [0, 0.05) is 31.7 Å². The third kappa shape index (κ3) is 4.16. The van der Waals surface area contributed by atoms with Gasteiger partial charge in [0.05, 0.1) is 10.9 Å². The van der Waals surface area contributed by atoms with Crippen molar-refractivity contribution in [2.75, 3.05) is 31.1 Å². The zero-order valence-electron chi connectivity index (χ0n) is 16.9. The Hall–Kier alpha value is -3.15. The number of aromatic nitrogens is 2. The molecule has 1 aliphatic heterocycles. The van der Waals surface area contributed by atoms with Crippen molar-refractivity contribution < 1.29 is 4.79 Å². The van der Waals surface area contributed by atoms with E-state index in [9.17, 15) is 9.59 Å². The summed E-state index contributed by atoms with van der Waals surface area (Å²) in [6.45, 7) is 6.86. The highest BCUT2D eigenvalue weighted by Gasteiger charge is 2.23. The Morgan fingerprint density at radius 1 is 1.03 bits per heavy atom. The highest BCUT2D eigenvalue weighted by Crippen LogP contribution is 2.16. The molecule has 1 amide bonds. The average molecular weight is 390 g/mol. The lowest BCUT2D eigenvalue weighted by molar-refractivity contribution is 0.0746. The molecule has 1 fully saturated rings. The Bertz CT molecular complexity index is 1060. The second-order valence-electron chi connectivity index (χ2n) is 7.98. The van der Waals surface area contributed by atoms with Crippen LogP contribution in [0.15, 0.2) is 53.3 Å². The molecular formula is C23H26N4O2. The normalized spacial score (nSPS) is 14.6. The molecule has 1 aromatic heterocycles. The number of carbonyl (C=O) groups excluding carboxylic acids is 1. The molecule has 1 N–H and O–H groups in total. The van der Waals surface area contributed by atoms with Gasteiger partial charge in [0.25, 0.3) is 11.5 Å². The number of nitrogens with zero attached hydrogens (tertiary/aromatic N) is 3. The molecule has 6 nitrogen and oxygen atoms in total. The van der Waals surface area contributed by atoms with Crippen molar-refractivity contribution in [2.45, 2.75) is 20.3 Å². The van der Waals surface area contributed by atoms with Crippen LogP contribution in [0.3, 0.4) is 0 Å². The van der Waals surface area contributed by atoms with Crippen molar-refractivity contribution in [3.63, 3.8) is 0 Å². The molecule has 3 aromatic rings. The van der Waals surface area contributed by atoms with Gasteiger partial charge in [0.2, 0.25) is 5.95 Å². The van der Waals surface area contributed by atoms with Crippen molar-refractivity contribution in [1.29, 1.82) is 0 Å². The van der Waals surface area contributed by atoms with Crippen molar-refractivity contribution in [2.24, 2.45) is 5.92 Å². The predicted molar refractivity (Wildman–Crippen MR) is 115 cm³/mol. The molecule has 150 valence electrons. The first kappa shape index (κ1) is 19.2. The first-order valence-electron chi connectivity index (χ1n) is 10.1. The number of para-hydroxylation sites is 1. The highest BCUT2D eigenvalue weighted by molar-refractivity contribution is 5.94. The number of amides is 1. The largest absolute Gasteiger partial charge is 0.339 e. The number of benzene rings is 2. The molecule has 2 heterocycles. The van der Waals surface area contributed by atoms with Crippen LogP contribution in [0.5, 0.6) is 0 Å². The second kappa shape index (κ2) is 8.07. The summed E-state index contributed by atoms with van der Waals surface area (Å²) in [4.78, 5) is 36.5. The molecule has 29 heavy (non-hydrogen) atoms. The van der Waals surface area contributed by atoms with E-state index >= 15 is 0 Å². The van der Waals surface area contributed by atoms with Gasteiger partial charge in [0.15, 0.2) is 0 Å². The van der Waals surface area contributed by atoms with E-state index in [0.29, 0.717) is 48.9 Å². The van der Waals surface area contributed by atoms with Crippen LogP contribution in [0.1, 0.15) is 29.8 Å². The molecule has 1 aliphatic rings. The lowest BCUT2D eigenvalue weighted by atomic mass is 10.0. The molecule has 0 atom stereocenters. The third-order valence-electron chi connectivity index (χ3n) is 5.31. The Balaban J connectivity index is 1.43. The number of H-pyrrole nitrogens is 1. The van der Waals surface area contributed by atoms with Crippen molar-refractivity contribution in [3.05, 3.63) is 70.0 Å². The smallest absolute Gasteiger partial charge is 0.260 e. The Morgan fingerprint density at radius 2 is 1.72 bits per heavy atom. The minimum Gasteiger partial charge on any atom is -0.339 e. The van der Waals surface area contributed by atoms with Gasteiger partial charge in [0.1, 0.15) is 0 Å². The second-order valence-corrected chi connectivity index (χ2v) is 7.98. The molecule has 0 unspecified atom stereocenters. The van der Waals surface area contributed by atoms with Crippen LogP contribution in [0.2, 0.25) is 0 Å². The Labute approximate surface area is 170 Å². The van der Waals surface area contributed by atoms with E-state index in [1.807, 2.05) is 52.3 Å². The molecule has 2 aromatic carbocycles. The summed E-state index contributed by atoms with van der Waals surface area (Å²) >= 11 is 0. The molecule has 1 saturated heterocycles. The lowest BCUT2D eigenvalue weighted by Crippen LogP contribution is -2.49. The van der Waals surface area contributed by atoms with E-state index in [-0.39, 0.29) is 11.5 Å². The zero-order chi connectivity index (χ0) is 20.4. The summed E-state index contributed by atoms with van der Waals surface area (Å²) in [5.41, 5.74) is 2.53. The number of rotatable bonds is 4. The maximum Gasteiger partial charge on any atom is 0.260 e. The van der Waals surface area contributed by atoms with Crippen LogP contribution in [0.4, 0.5) is 5.95 Å². The van der Waals surface area contributed by atoms with Crippen LogP contribution in [0.25, 0.3) is 10.9 Å². The van der Waals surface area contributed by atoms with Crippen LogP contribution >= 0.6 is 0 Å². The molecule has 0 radical (unpaired) electrons. The minimum atomic E-state index is -0.134. The van der Waals surface area contributed by atoms with Gasteiger partial charge < -0.3 is 9.80 Å². The van der Waals surface area contributed by atoms with Gasteiger partial charge in [-0.25, -0.2) is 4.98 Å². The number of carbonyl (C=O) groups is 1. The van der Waals surface area contributed by atoms with Crippen LogP contribution < -0.4 is 10.5 Å². The minimum absolute atomic E-state index is 0.0562. The topological polar surface area (TPSA) is 69.3 Å². The average Bonchev–Trinajstić information content (AvgIpc) is 2.73. The molecule has 0 bridgehead atoms. The van der Waals surface area contributed by atoms with Crippen LogP contribution in [-0.2, 0) is 6.42 Å². The SMILES string of the molecule is CC(C)Cc1ccc(C(=O)N2CCN(c3nc4ccccc4c(=O)[nH]3)CC2)cc1. The number of piperazine rings is 1. The summed E-state index contributed by atoms with van der Waals surface area (Å²) in [6.07, 6.45) is 1.02. The van der Waals surface area contributed by atoms with E-state index in [0.717, 1.165) is 12.0 Å². The summed E-state index contributed by atoms with van der Waals surface area (Å²) in [7, 11) is 0. The number of fused-ring (bicyclic) bond motifs is 1. The molecule has 0 spiro atoms. The number of aromatic amines is 1. The molecule has 6 heteroatoms. The van der Waals surface area contributed by atoms with Gasteiger partial charge in [-0.1, -0.05) is 38.1 Å². The summed E-state index contributed by atoms with van der Waals surface area (Å²) in [5, 5.41) is 0.589. The molecule has 0 aliphatic carbocycles. The van der Waals surface area contributed by atoms with Crippen molar-refractivity contribution >= 4 is 22.8 Å². The molecule has 4 rings (SSSR count). The Morgan fingerprint density at radius 3 is 2.41 bits per heavy atom. The fourth-order valence-corrected chi connectivity index (χ4v) is 3.78. The first-order chi connectivity index (χ1) is 14.0. The van der Waals surface area contributed by atoms with Gasteiger partial charge in [-0.15, -0.1) is 0 Å². The standard InChI is InChI=1S/C23H26N4O2/c1-16(2)15-17-7-9-18(10-8-17)22(29)26-11-13-27(14-12-26)23-24-20-6-4-3-5-19(20)21(28)25-23/h3-10,16H,11-15H2,1-2H3,(H,24,25,28). The van der Waals surface area contributed by atoms with Gasteiger partial charge in [-0.2, -0.15) is 0 Å². The van der Waals surface area contributed by atoms with Gasteiger partial charge >= 0.3 is 0 Å². The molecular weight excluding hydrogens is 364 g/mol. The monoisotopic (exact) mass is 390 g/mol. The quantitative estimate of drug-likeness (QED) is 0.743. The summed E-state index contributed by atoms with van der Waals surface area (Å²) < 4.78 is 0. The van der Waals surface area contributed by atoms with Gasteiger partial charge in [-0.3, -0.25) is 14.6 Å². The van der Waals surface area contributed by atoms with E-state index < -0.39 is 0 Å². The first-order valence-corrected chi connectivity index (χ1v) is 10.1. The number of nitrogens with one attached hydrogen (secondary N) is 1. The third-order valence-corrected chi connectivity index (χ3v) is 5.31. The maximum atomic E-state index is 12.8. The van der Waals surface area contributed by atoms with Crippen molar-refractivity contribution in [3.8, 4) is 0 Å². The van der Waals surface area contributed by atoms with Crippen LogP contribution in [0, 0.1) is 5.92 Å². The van der Waals surface area contributed by atoms with Crippen LogP contribution in [-0.4, -0.2) is 47.0 Å². The zero-order valence-corrected chi connectivity index (χ0v) is 16.9. The van der Waals surface area contributed by atoms with E-state index in [1.54, 1.807) is 6.07 Å². The summed E-state index contributed by atoms with van der Waals surface area (Å²) in [6, 6.07) is 15.3. The van der Waals surface area contributed by atoms with E-state index in [2.05, 4.69) is 23.8 Å². The fraction of sp³-hybridized carbons (Fsp3) is 0.348. The molecule has 0 saturated carbocycles. The number of hydrogen-bond donors (Lipinski definition) is 1. The fourth-order valence-electron chi connectivity index (χ4n) is 3.78. The highest BCUT2D eigenvalue weighted by atomic mass is 16.2. The lowest BCUT2D eigenvalue weighted by Gasteiger charge is -2.35.